The van der Waals surface area contributed by atoms with Crippen LogP contribution in [-0.4, -0.2) is 16.4 Å². The Hall–Kier alpha value is -1.20. The van der Waals surface area contributed by atoms with Crippen molar-refractivity contribution in [3.05, 3.63) is 55.7 Å². The van der Waals surface area contributed by atoms with Crippen LogP contribution >= 0.6 is 31.9 Å². The smallest absolute Gasteiger partial charge is 0.122 e. The molecule has 0 saturated heterocycles. The van der Waals surface area contributed by atoms with Gasteiger partial charge in [-0.05, 0) is 82.4 Å². The number of phenolic OH excluding ortho intramolecular Hbond substituents is 1. The molecule has 3 rings (SSSR count). The first-order valence-corrected chi connectivity index (χ1v) is 15.5. The van der Waals surface area contributed by atoms with Gasteiger partial charge in [0.1, 0.15) is 12.0 Å². The number of fused-ring (bicyclic) bond motifs is 2. The number of aryl methyl sites for hydroxylation is 2. The number of nitrogens with zero attached hydrogens (tertiary/aromatic N) is 1. The number of carbonyl (C=O) groups excluding carboxylic acids is 1. The third kappa shape index (κ3) is 10.7. The van der Waals surface area contributed by atoms with Gasteiger partial charge in [-0.1, -0.05) is 96.0 Å². The molecule has 1 N–H and O–H groups in total. The van der Waals surface area contributed by atoms with Crippen LogP contribution in [0.5, 0.6) is 5.75 Å². The second kappa shape index (κ2) is 18.1. The van der Waals surface area contributed by atoms with Crippen molar-refractivity contribution >= 4 is 38.1 Å². The average molecular weight is 626 g/mol. The molecule has 1 aliphatic rings. The molecular weight excluding hydrogens is 578 g/mol. The van der Waals surface area contributed by atoms with E-state index in [0.29, 0.717) is 17.6 Å². The number of aromatic nitrogens is 1. The molecule has 3 nitrogen and oxygen atoms in total. The Kier molecular flexibility index (Phi) is 16.5. The van der Waals surface area contributed by atoms with Gasteiger partial charge in [0.05, 0.1) is 0 Å². The topological polar surface area (TPSA) is 50.2 Å². The molecule has 1 aliphatic carbocycles. The number of pyridine rings is 1. The Morgan fingerprint density at radius 3 is 2.28 bits per heavy atom. The number of hydrogen-bond acceptors (Lipinski definition) is 3. The van der Waals surface area contributed by atoms with Crippen molar-refractivity contribution in [2.45, 2.75) is 112 Å². The summed E-state index contributed by atoms with van der Waals surface area (Å²) in [7, 11) is 0. The van der Waals surface area contributed by atoms with E-state index in [-0.39, 0.29) is 5.92 Å². The molecule has 2 atom stereocenters. The summed E-state index contributed by atoms with van der Waals surface area (Å²) in [5.41, 5.74) is 5.29. The normalized spacial score (nSPS) is 15.2. The van der Waals surface area contributed by atoms with Gasteiger partial charge < -0.3 is 9.90 Å². The van der Waals surface area contributed by atoms with Gasteiger partial charge in [-0.25, -0.2) is 0 Å². The third-order valence-corrected chi connectivity index (χ3v) is 7.75. The standard InChI is InChI=1S/C25H33Br2NO.C4H8O.C2H6/c1-3-5-6-7-9-17(8-4-2)23-15-22-18(13-21(29)14-24(22)27)10-11-19-12-20(26)16-28-25(19)23;1-4(2)3-5;1-2/h12-14,16-17,23,29H,3-11,15H2,1-2H3;3-4H,1-2H3;1-2H3. The summed E-state index contributed by atoms with van der Waals surface area (Å²) in [5.74, 6) is 1.63. The maximum absolute atomic E-state index is 10.1. The molecule has 2 unspecified atom stereocenters. The van der Waals surface area contributed by atoms with E-state index in [1.807, 2.05) is 46.0 Å². The predicted octanol–water partition coefficient (Wildman–Crippen LogP) is 9.99. The predicted molar refractivity (Wildman–Crippen MR) is 161 cm³/mol. The molecule has 0 bridgehead atoms. The number of aldehydes is 1. The van der Waals surface area contributed by atoms with Gasteiger partial charge in [-0.3, -0.25) is 4.98 Å². The lowest BCUT2D eigenvalue weighted by molar-refractivity contribution is -0.110. The first-order valence-electron chi connectivity index (χ1n) is 13.9. The fourth-order valence-corrected chi connectivity index (χ4v) is 5.91. The number of phenols is 1. The number of aromatic hydroxyl groups is 1. The zero-order valence-electron chi connectivity index (χ0n) is 23.2. The number of benzene rings is 1. The monoisotopic (exact) mass is 623 g/mol. The minimum Gasteiger partial charge on any atom is -0.508 e. The quantitative estimate of drug-likeness (QED) is 0.223. The molecule has 1 aromatic heterocycles. The van der Waals surface area contributed by atoms with Crippen LogP contribution in [0, 0.1) is 11.8 Å². The SMILES string of the molecule is CC.CC(C)C=O.CCCCCCC(CCC)C1Cc2c(Br)cc(O)cc2CCc2cc(Br)cnc21. The summed E-state index contributed by atoms with van der Waals surface area (Å²) in [4.78, 5) is 14.5. The highest BCUT2D eigenvalue weighted by molar-refractivity contribution is 9.10. The molecular formula is C31H47Br2NO2. The van der Waals surface area contributed by atoms with Crippen molar-refractivity contribution < 1.29 is 9.90 Å². The third-order valence-electron chi connectivity index (χ3n) is 6.61. The first-order chi connectivity index (χ1) is 17.3. The molecule has 1 heterocycles. The van der Waals surface area contributed by atoms with Gasteiger partial charge in [0.15, 0.2) is 0 Å². The highest BCUT2D eigenvalue weighted by Crippen LogP contribution is 2.41. The molecule has 5 heteroatoms. The second-order valence-corrected chi connectivity index (χ2v) is 11.6. The van der Waals surface area contributed by atoms with Crippen LogP contribution in [0.4, 0.5) is 0 Å². The van der Waals surface area contributed by atoms with Gasteiger partial charge in [-0.2, -0.15) is 0 Å². The molecule has 202 valence electrons. The summed E-state index contributed by atoms with van der Waals surface area (Å²) in [5, 5.41) is 10.1. The molecule has 36 heavy (non-hydrogen) atoms. The average Bonchev–Trinajstić information content (AvgIpc) is 2.85. The van der Waals surface area contributed by atoms with E-state index >= 15 is 0 Å². The van der Waals surface area contributed by atoms with E-state index in [2.05, 4.69) is 51.8 Å². The fraction of sp³-hybridized carbons (Fsp3) is 0.613. The Balaban J connectivity index is 0.000000826. The van der Waals surface area contributed by atoms with Crippen LogP contribution in [0.2, 0.25) is 0 Å². The Labute approximate surface area is 237 Å². The van der Waals surface area contributed by atoms with Crippen molar-refractivity contribution in [3.8, 4) is 5.75 Å². The molecule has 0 fully saturated rings. The van der Waals surface area contributed by atoms with Crippen LogP contribution in [0.25, 0.3) is 0 Å². The minimum absolute atomic E-state index is 0.204. The van der Waals surface area contributed by atoms with Crippen LogP contribution in [0.1, 0.15) is 115 Å². The summed E-state index contributed by atoms with van der Waals surface area (Å²) in [6.45, 7) is 12.3. The Morgan fingerprint density at radius 2 is 1.67 bits per heavy atom. The number of halogens is 2. The molecule has 0 radical (unpaired) electrons. The zero-order chi connectivity index (χ0) is 27.1. The molecule has 0 amide bonds. The van der Waals surface area contributed by atoms with E-state index < -0.39 is 0 Å². The van der Waals surface area contributed by atoms with Crippen LogP contribution < -0.4 is 0 Å². The first kappa shape index (κ1) is 32.8. The molecule has 0 saturated carbocycles. The summed E-state index contributed by atoms with van der Waals surface area (Å²) in [6.07, 6.45) is 14.8. The van der Waals surface area contributed by atoms with Gasteiger partial charge in [0.25, 0.3) is 0 Å². The van der Waals surface area contributed by atoms with E-state index in [1.54, 1.807) is 0 Å². The molecule has 2 aromatic rings. The second-order valence-electron chi connectivity index (χ2n) is 9.85. The van der Waals surface area contributed by atoms with Gasteiger partial charge >= 0.3 is 0 Å². The largest absolute Gasteiger partial charge is 0.508 e. The lowest BCUT2D eigenvalue weighted by Gasteiger charge is -2.31. The van der Waals surface area contributed by atoms with Crippen LogP contribution in [0.3, 0.4) is 0 Å². The van der Waals surface area contributed by atoms with Gasteiger partial charge in [0.2, 0.25) is 0 Å². The van der Waals surface area contributed by atoms with Gasteiger partial charge in [-0.15, -0.1) is 0 Å². The van der Waals surface area contributed by atoms with Crippen molar-refractivity contribution in [2.24, 2.45) is 11.8 Å². The molecule has 0 aliphatic heterocycles. The van der Waals surface area contributed by atoms with Crippen LogP contribution in [0.15, 0.2) is 33.3 Å². The van der Waals surface area contributed by atoms with Crippen molar-refractivity contribution in [2.75, 3.05) is 0 Å². The lowest BCUT2D eigenvalue weighted by Crippen LogP contribution is -2.22. The van der Waals surface area contributed by atoms with Gasteiger partial charge in [0, 0.05) is 32.7 Å². The lowest BCUT2D eigenvalue weighted by atomic mass is 9.75. The maximum atomic E-state index is 10.1. The van der Waals surface area contributed by atoms with Crippen LogP contribution in [-0.2, 0) is 24.1 Å². The van der Waals surface area contributed by atoms with Crippen molar-refractivity contribution in [3.63, 3.8) is 0 Å². The number of carbonyl (C=O) groups is 1. The molecule has 1 aromatic carbocycles. The van der Waals surface area contributed by atoms with E-state index in [1.165, 1.54) is 67.3 Å². The van der Waals surface area contributed by atoms with Crippen molar-refractivity contribution in [1.82, 2.24) is 4.98 Å². The number of rotatable bonds is 9. The number of hydrogen-bond donors (Lipinski definition) is 1. The van der Waals surface area contributed by atoms with Crippen molar-refractivity contribution in [1.29, 1.82) is 0 Å². The summed E-state index contributed by atoms with van der Waals surface area (Å²) >= 11 is 7.37. The highest BCUT2D eigenvalue weighted by atomic mass is 79.9. The van der Waals surface area contributed by atoms with E-state index in [0.717, 1.165) is 34.5 Å². The minimum atomic E-state index is 0.204. The number of unbranched alkanes of at least 4 members (excludes halogenated alkanes) is 3. The van der Waals surface area contributed by atoms with E-state index in [4.69, 9.17) is 4.98 Å². The maximum Gasteiger partial charge on any atom is 0.122 e. The zero-order valence-corrected chi connectivity index (χ0v) is 26.4. The highest BCUT2D eigenvalue weighted by Gasteiger charge is 2.29. The Morgan fingerprint density at radius 1 is 1.00 bits per heavy atom. The fourth-order valence-electron chi connectivity index (χ4n) is 4.88. The van der Waals surface area contributed by atoms with E-state index in [9.17, 15) is 9.90 Å². The summed E-state index contributed by atoms with van der Waals surface area (Å²) in [6, 6.07) is 6.07. The summed E-state index contributed by atoms with van der Waals surface area (Å²) < 4.78 is 2.10. The Bertz CT molecular complexity index is 914. The molecule has 0 spiro atoms.